The molecule has 21 heavy (non-hydrogen) atoms. The maximum Gasteiger partial charge on any atom is 0.241 e. The Kier molecular flexibility index (Phi) is 4.46. The average Bonchev–Trinajstić information content (AvgIpc) is 2.48. The first-order valence-electron chi connectivity index (χ1n) is 6.74. The van der Waals surface area contributed by atoms with Gasteiger partial charge in [0.2, 0.25) is 10.0 Å². The van der Waals surface area contributed by atoms with Gasteiger partial charge in [-0.1, -0.05) is 48.0 Å². The van der Waals surface area contributed by atoms with Crippen molar-refractivity contribution in [1.29, 1.82) is 0 Å². The van der Waals surface area contributed by atoms with Crippen molar-refractivity contribution in [3.05, 3.63) is 65.7 Å². The summed E-state index contributed by atoms with van der Waals surface area (Å²) in [6, 6.07) is 16.1. The lowest BCUT2D eigenvalue weighted by Crippen LogP contribution is -2.48. The van der Waals surface area contributed by atoms with Crippen molar-refractivity contribution in [3.8, 4) is 0 Å². The fourth-order valence-electron chi connectivity index (χ4n) is 2.10. The Labute approximate surface area is 126 Å². The quantitative estimate of drug-likeness (QED) is 0.889. The van der Waals surface area contributed by atoms with Crippen molar-refractivity contribution in [2.24, 2.45) is 5.73 Å². The largest absolute Gasteiger partial charge is 0.328 e. The van der Waals surface area contributed by atoms with Crippen LogP contribution in [0.25, 0.3) is 0 Å². The van der Waals surface area contributed by atoms with Crippen LogP contribution in [0.15, 0.2) is 59.5 Å². The molecule has 0 fully saturated rings. The molecule has 0 saturated carbocycles. The van der Waals surface area contributed by atoms with Crippen molar-refractivity contribution >= 4 is 10.0 Å². The van der Waals surface area contributed by atoms with Gasteiger partial charge in [0.1, 0.15) is 0 Å². The highest BCUT2D eigenvalue weighted by molar-refractivity contribution is 7.89. The van der Waals surface area contributed by atoms with Gasteiger partial charge in [0.15, 0.2) is 0 Å². The van der Waals surface area contributed by atoms with Crippen LogP contribution in [0.1, 0.15) is 18.1 Å². The number of hydrogen-bond donors (Lipinski definition) is 2. The van der Waals surface area contributed by atoms with Crippen molar-refractivity contribution < 1.29 is 8.42 Å². The van der Waals surface area contributed by atoms with Gasteiger partial charge in [-0.2, -0.15) is 4.72 Å². The van der Waals surface area contributed by atoms with E-state index in [1.54, 1.807) is 31.2 Å². The summed E-state index contributed by atoms with van der Waals surface area (Å²) < 4.78 is 27.8. The molecular formula is C16H20N2O2S. The number of aryl methyl sites for hydroxylation is 1. The molecule has 1 atom stereocenters. The smallest absolute Gasteiger partial charge is 0.241 e. The van der Waals surface area contributed by atoms with Crippen LogP contribution in [0.3, 0.4) is 0 Å². The van der Waals surface area contributed by atoms with Gasteiger partial charge in [-0.3, -0.25) is 0 Å². The van der Waals surface area contributed by atoms with Crippen LogP contribution < -0.4 is 10.5 Å². The van der Waals surface area contributed by atoms with E-state index in [9.17, 15) is 8.42 Å². The fourth-order valence-corrected chi connectivity index (χ4v) is 3.50. The van der Waals surface area contributed by atoms with Crippen LogP contribution >= 0.6 is 0 Å². The second-order valence-electron chi connectivity index (χ2n) is 5.32. The summed E-state index contributed by atoms with van der Waals surface area (Å²) in [5.41, 5.74) is 6.83. The summed E-state index contributed by atoms with van der Waals surface area (Å²) in [4.78, 5) is 0.240. The SMILES string of the molecule is Cc1ccc(S(=O)(=O)NC(C)(CN)c2ccccc2)cc1. The van der Waals surface area contributed by atoms with Gasteiger partial charge in [0.25, 0.3) is 0 Å². The molecule has 0 aromatic heterocycles. The van der Waals surface area contributed by atoms with Gasteiger partial charge < -0.3 is 5.73 Å². The van der Waals surface area contributed by atoms with Crippen molar-refractivity contribution in [1.82, 2.24) is 4.72 Å². The van der Waals surface area contributed by atoms with E-state index in [1.165, 1.54) is 0 Å². The summed E-state index contributed by atoms with van der Waals surface area (Å²) in [5.74, 6) is 0. The maximum atomic E-state index is 12.5. The maximum absolute atomic E-state index is 12.5. The van der Waals surface area contributed by atoms with E-state index < -0.39 is 15.6 Å². The Bertz CT molecular complexity index is 697. The Morgan fingerprint density at radius 2 is 1.62 bits per heavy atom. The molecule has 0 aliphatic carbocycles. The van der Waals surface area contributed by atoms with E-state index in [2.05, 4.69) is 4.72 Å². The van der Waals surface area contributed by atoms with Crippen LogP contribution in [-0.2, 0) is 15.6 Å². The van der Waals surface area contributed by atoms with Gasteiger partial charge in [-0.25, -0.2) is 8.42 Å². The minimum absolute atomic E-state index is 0.169. The Hall–Kier alpha value is -1.69. The van der Waals surface area contributed by atoms with Crippen molar-refractivity contribution in [3.63, 3.8) is 0 Å². The number of nitrogens with two attached hydrogens (primary N) is 1. The molecule has 0 aliphatic rings. The molecular weight excluding hydrogens is 284 g/mol. The third-order valence-electron chi connectivity index (χ3n) is 3.51. The molecule has 0 aliphatic heterocycles. The van der Waals surface area contributed by atoms with Crippen LogP contribution in [0.2, 0.25) is 0 Å². The summed E-state index contributed by atoms with van der Waals surface area (Å²) in [6.07, 6.45) is 0. The predicted molar refractivity (Wildman–Crippen MR) is 84.3 cm³/mol. The minimum Gasteiger partial charge on any atom is -0.328 e. The first kappa shape index (κ1) is 15.7. The topological polar surface area (TPSA) is 72.2 Å². The number of benzene rings is 2. The fraction of sp³-hybridized carbons (Fsp3) is 0.250. The van der Waals surface area contributed by atoms with Crippen molar-refractivity contribution in [2.45, 2.75) is 24.3 Å². The summed E-state index contributed by atoms with van der Waals surface area (Å²) in [5, 5.41) is 0. The molecule has 0 heterocycles. The molecule has 0 radical (unpaired) electrons. The average molecular weight is 304 g/mol. The highest BCUT2D eigenvalue weighted by Crippen LogP contribution is 2.22. The summed E-state index contributed by atoms with van der Waals surface area (Å²) in [7, 11) is -3.62. The van der Waals surface area contributed by atoms with Gasteiger partial charge in [0.05, 0.1) is 10.4 Å². The van der Waals surface area contributed by atoms with E-state index in [-0.39, 0.29) is 11.4 Å². The lowest BCUT2D eigenvalue weighted by Gasteiger charge is -2.29. The summed E-state index contributed by atoms with van der Waals surface area (Å²) >= 11 is 0. The third kappa shape index (κ3) is 3.50. The third-order valence-corrected chi connectivity index (χ3v) is 5.12. The molecule has 3 N–H and O–H groups in total. The molecule has 0 saturated heterocycles. The highest BCUT2D eigenvalue weighted by atomic mass is 32.2. The van der Waals surface area contributed by atoms with E-state index >= 15 is 0 Å². The zero-order chi connectivity index (χ0) is 15.5. The molecule has 2 aromatic rings. The Balaban J connectivity index is 2.35. The molecule has 4 nitrogen and oxygen atoms in total. The van der Waals surface area contributed by atoms with Crippen LogP contribution in [-0.4, -0.2) is 15.0 Å². The molecule has 0 spiro atoms. The first-order valence-corrected chi connectivity index (χ1v) is 8.22. The molecule has 2 rings (SSSR count). The van der Waals surface area contributed by atoms with E-state index in [0.717, 1.165) is 11.1 Å². The molecule has 0 bridgehead atoms. The molecule has 112 valence electrons. The highest BCUT2D eigenvalue weighted by Gasteiger charge is 2.31. The lowest BCUT2D eigenvalue weighted by atomic mass is 9.94. The second-order valence-corrected chi connectivity index (χ2v) is 7.00. The molecule has 5 heteroatoms. The molecule has 2 aromatic carbocycles. The van der Waals surface area contributed by atoms with Gasteiger partial charge >= 0.3 is 0 Å². The van der Waals surface area contributed by atoms with E-state index in [4.69, 9.17) is 5.73 Å². The van der Waals surface area contributed by atoms with Crippen LogP contribution in [0.4, 0.5) is 0 Å². The Morgan fingerprint density at radius 3 is 2.14 bits per heavy atom. The van der Waals surface area contributed by atoms with Gasteiger partial charge in [-0.15, -0.1) is 0 Å². The van der Waals surface area contributed by atoms with Crippen LogP contribution in [0.5, 0.6) is 0 Å². The summed E-state index contributed by atoms with van der Waals surface area (Å²) in [6.45, 7) is 3.87. The number of rotatable bonds is 5. The van der Waals surface area contributed by atoms with Gasteiger partial charge in [-0.05, 0) is 31.5 Å². The minimum atomic E-state index is -3.62. The van der Waals surface area contributed by atoms with Gasteiger partial charge in [0, 0.05) is 6.54 Å². The predicted octanol–water partition coefficient (Wildman–Crippen LogP) is 2.15. The standard InChI is InChI=1S/C16H20N2O2S/c1-13-8-10-15(11-9-13)21(19,20)18-16(2,12-17)14-6-4-3-5-7-14/h3-11,18H,12,17H2,1-2H3. The van der Waals surface area contributed by atoms with Crippen molar-refractivity contribution in [2.75, 3.05) is 6.54 Å². The zero-order valence-corrected chi connectivity index (χ0v) is 13.0. The monoisotopic (exact) mass is 304 g/mol. The molecule has 0 amide bonds. The molecule has 1 unspecified atom stereocenters. The first-order chi connectivity index (χ1) is 9.87. The normalized spacial score (nSPS) is 14.6. The Morgan fingerprint density at radius 1 is 1.05 bits per heavy atom. The lowest BCUT2D eigenvalue weighted by molar-refractivity contribution is 0.441. The number of hydrogen-bond acceptors (Lipinski definition) is 3. The van der Waals surface area contributed by atoms with E-state index in [1.807, 2.05) is 37.3 Å². The number of sulfonamides is 1. The van der Waals surface area contributed by atoms with E-state index in [0.29, 0.717) is 0 Å². The number of nitrogens with one attached hydrogen (secondary N) is 1. The second kappa shape index (κ2) is 5.97. The van der Waals surface area contributed by atoms with Crippen LogP contribution in [0, 0.1) is 6.92 Å². The zero-order valence-electron chi connectivity index (χ0n) is 12.2.